The summed E-state index contributed by atoms with van der Waals surface area (Å²) >= 11 is 0. The van der Waals surface area contributed by atoms with E-state index in [0.717, 1.165) is 39.7 Å². The molecule has 0 radical (unpaired) electrons. The Balaban J connectivity index is 1.17. The molecular weight excluding hydrogens is 556 g/mol. The SMILES string of the molecule is CC(C)(C)C1C(C(=O)N2CCC(c3cc(-c4ccc5cn(Cc6ccccc6)nc5c4)c4c(N)ncnn34)C2)CN1C(=O)O. The lowest BCUT2D eigenvalue weighted by molar-refractivity contribution is -0.147. The van der Waals surface area contributed by atoms with Crippen LogP contribution in [0.1, 0.15) is 44.4 Å². The van der Waals surface area contributed by atoms with Crippen LogP contribution in [0, 0.1) is 11.3 Å². The van der Waals surface area contributed by atoms with Gasteiger partial charge in [0.15, 0.2) is 5.82 Å². The van der Waals surface area contributed by atoms with Gasteiger partial charge in [-0.15, -0.1) is 0 Å². The second-order valence-corrected chi connectivity index (χ2v) is 13.1. The molecule has 3 atom stereocenters. The van der Waals surface area contributed by atoms with E-state index >= 15 is 0 Å². The summed E-state index contributed by atoms with van der Waals surface area (Å²) < 4.78 is 3.82. The molecule has 2 amide bonds. The summed E-state index contributed by atoms with van der Waals surface area (Å²) in [6.45, 7) is 8.04. The minimum Gasteiger partial charge on any atom is -0.465 e. The smallest absolute Gasteiger partial charge is 0.407 e. The first-order chi connectivity index (χ1) is 21.1. The molecular formula is C33H36N8O3. The van der Waals surface area contributed by atoms with Crippen LogP contribution in [0.2, 0.25) is 0 Å². The largest absolute Gasteiger partial charge is 0.465 e. The predicted molar refractivity (Wildman–Crippen MR) is 167 cm³/mol. The van der Waals surface area contributed by atoms with Crippen LogP contribution in [0.3, 0.4) is 0 Å². The molecule has 5 aromatic rings. The van der Waals surface area contributed by atoms with Crippen LogP contribution in [-0.2, 0) is 11.3 Å². The molecule has 3 unspecified atom stereocenters. The van der Waals surface area contributed by atoms with Crippen molar-refractivity contribution in [1.82, 2.24) is 34.2 Å². The summed E-state index contributed by atoms with van der Waals surface area (Å²) in [5, 5.41) is 20.1. The number of nitrogen functional groups attached to an aromatic ring is 1. The second kappa shape index (κ2) is 10.4. The number of benzene rings is 2. The van der Waals surface area contributed by atoms with Crippen molar-refractivity contribution in [3.8, 4) is 11.1 Å². The predicted octanol–water partition coefficient (Wildman–Crippen LogP) is 4.72. The van der Waals surface area contributed by atoms with Gasteiger partial charge in [0.1, 0.15) is 11.8 Å². The van der Waals surface area contributed by atoms with Crippen LogP contribution in [-0.4, -0.2) is 77.0 Å². The van der Waals surface area contributed by atoms with Crippen LogP contribution in [0.5, 0.6) is 0 Å². The Morgan fingerprint density at radius 3 is 2.61 bits per heavy atom. The number of carbonyl (C=O) groups is 2. The lowest BCUT2D eigenvalue weighted by Crippen LogP contribution is -2.67. The first-order valence-corrected chi connectivity index (χ1v) is 15.0. The molecule has 3 N–H and O–H groups in total. The van der Waals surface area contributed by atoms with Gasteiger partial charge in [0.05, 0.1) is 24.0 Å². The molecule has 2 aliphatic heterocycles. The maximum atomic E-state index is 13.7. The number of rotatable bonds is 5. The lowest BCUT2D eigenvalue weighted by Gasteiger charge is -2.52. The first-order valence-electron chi connectivity index (χ1n) is 15.0. The third kappa shape index (κ3) is 4.72. The van der Waals surface area contributed by atoms with E-state index in [-0.39, 0.29) is 35.7 Å². The number of hydrogen-bond donors (Lipinski definition) is 2. The minimum absolute atomic E-state index is 0.0247. The van der Waals surface area contributed by atoms with Crippen molar-refractivity contribution in [2.24, 2.45) is 11.3 Å². The zero-order valence-corrected chi connectivity index (χ0v) is 25.1. The number of nitrogens with zero attached hydrogens (tertiary/aromatic N) is 7. The lowest BCUT2D eigenvalue weighted by atomic mass is 9.71. The highest BCUT2D eigenvalue weighted by atomic mass is 16.4. The molecule has 3 aromatic heterocycles. The second-order valence-electron chi connectivity index (χ2n) is 13.1. The fraction of sp³-hybridized carbons (Fsp3) is 0.364. The average Bonchev–Trinajstić information content (AvgIpc) is 3.68. The third-order valence-electron chi connectivity index (χ3n) is 9.14. The van der Waals surface area contributed by atoms with Gasteiger partial charge < -0.3 is 20.6 Å². The first kappa shape index (κ1) is 27.9. The quantitative estimate of drug-likeness (QED) is 0.302. The Hall–Kier alpha value is -4.93. The molecule has 2 aromatic carbocycles. The van der Waals surface area contributed by atoms with Crippen LogP contribution in [0.25, 0.3) is 27.5 Å². The summed E-state index contributed by atoms with van der Waals surface area (Å²) in [6, 6.07) is 18.2. The summed E-state index contributed by atoms with van der Waals surface area (Å²) in [4.78, 5) is 33.0. The zero-order valence-electron chi connectivity index (χ0n) is 25.1. The number of nitrogens with two attached hydrogens (primary N) is 1. The molecule has 7 rings (SSSR count). The van der Waals surface area contributed by atoms with E-state index in [4.69, 9.17) is 10.8 Å². The standard InChI is InChI=1S/C33H36N8O3/c1-33(2,3)29-25(18-40(29)32(43)44)31(42)38-12-11-23(16-38)27-14-24(28-30(34)35-19-36-41(27)28)21-9-10-22-17-39(37-26(22)13-21)15-20-7-5-4-6-8-20/h4-10,13-14,17,19,23,25,29H,11-12,15-16,18H2,1-3H3,(H,43,44)(H2,34,35,36). The number of carboxylic acid groups (broad SMARTS) is 1. The van der Waals surface area contributed by atoms with Crippen molar-refractivity contribution < 1.29 is 14.7 Å². The Bertz CT molecular complexity index is 1890. The van der Waals surface area contributed by atoms with E-state index in [2.05, 4.69) is 52.7 Å². The summed E-state index contributed by atoms with van der Waals surface area (Å²) in [7, 11) is 0. The highest BCUT2D eigenvalue weighted by Crippen LogP contribution is 2.41. The fourth-order valence-electron chi connectivity index (χ4n) is 7.11. The molecule has 2 fully saturated rings. The molecule has 44 heavy (non-hydrogen) atoms. The number of fused-ring (bicyclic) bond motifs is 2. The molecule has 11 nitrogen and oxygen atoms in total. The number of carbonyl (C=O) groups excluding carboxylic acids is 1. The molecule has 2 aliphatic rings. The fourth-order valence-corrected chi connectivity index (χ4v) is 7.11. The minimum atomic E-state index is -0.973. The van der Waals surface area contributed by atoms with Gasteiger partial charge in [-0.2, -0.15) is 10.2 Å². The van der Waals surface area contributed by atoms with Crippen molar-refractivity contribution in [2.75, 3.05) is 25.4 Å². The Labute approximate surface area is 254 Å². The van der Waals surface area contributed by atoms with E-state index in [0.29, 0.717) is 25.5 Å². The zero-order chi connectivity index (χ0) is 30.7. The maximum Gasteiger partial charge on any atom is 0.407 e. The van der Waals surface area contributed by atoms with Crippen LogP contribution < -0.4 is 5.73 Å². The average molecular weight is 593 g/mol. The molecule has 226 valence electrons. The highest BCUT2D eigenvalue weighted by Gasteiger charge is 2.53. The van der Waals surface area contributed by atoms with Crippen molar-refractivity contribution in [3.05, 3.63) is 78.4 Å². The van der Waals surface area contributed by atoms with E-state index in [9.17, 15) is 14.7 Å². The highest BCUT2D eigenvalue weighted by molar-refractivity contribution is 5.92. The van der Waals surface area contributed by atoms with Gasteiger partial charge in [-0.1, -0.05) is 63.2 Å². The molecule has 0 aliphatic carbocycles. The topological polar surface area (TPSA) is 135 Å². The van der Waals surface area contributed by atoms with Crippen molar-refractivity contribution in [2.45, 2.75) is 45.7 Å². The van der Waals surface area contributed by atoms with E-state index < -0.39 is 6.09 Å². The summed E-state index contributed by atoms with van der Waals surface area (Å²) in [5.41, 5.74) is 11.8. The molecule has 2 saturated heterocycles. The van der Waals surface area contributed by atoms with Gasteiger partial charge in [-0.3, -0.25) is 9.48 Å². The van der Waals surface area contributed by atoms with Crippen LogP contribution in [0.15, 0.2) is 67.1 Å². The van der Waals surface area contributed by atoms with E-state index in [1.54, 1.807) is 0 Å². The number of amides is 2. The van der Waals surface area contributed by atoms with Gasteiger partial charge in [0.2, 0.25) is 5.91 Å². The number of aromatic nitrogens is 5. The van der Waals surface area contributed by atoms with E-state index in [1.807, 2.05) is 53.1 Å². The third-order valence-corrected chi connectivity index (χ3v) is 9.14. The van der Waals surface area contributed by atoms with Crippen molar-refractivity contribution in [1.29, 1.82) is 0 Å². The number of likely N-dealkylation sites (tertiary alicyclic amines) is 2. The summed E-state index contributed by atoms with van der Waals surface area (Å²) in [6.07, 6.45) is 3.32. The monoisotopic (exact) mass is 592 g/mol. The summed E-state index contributed by atoms with van der Waals surface area (Å²) in [5.74, 6) is 0.123. The molecule has 5 heterocycles. The van der Waals surface area contributed by atoms with Gasteiger partial charge in [-0.05, 0) is 35.1 Å². The Morgan fingerprint density at radius 1 is 1.07 bits per heavy atom. The molecule has 0 bridgehead atoms. The normalized spacial score (nSPS) is 20.4. The Kier molecular flexibility index (Phi) is 6.56. The van der Waals surface area contributed by atoms with Crippen molar-refractivity contribution >= 4 is 34.2 Å². The number of anilines is 1. The number of hydrogen-bond acceptors (Lipinski definition) is 6. The maximum absolute atomic E-state index is 13.7. The van der Waals surface area contributed by atoms with Gasteiger partial charge in [-0.25, -0.2) is 14.3 Å². The Morgan fingerprint density at radius 2 is 1.86 bits per heavy atom. The van der Waals surface area contributed by atoms with Crippen LogP contribution in [0.4, 0.5) is 10.6 Å². The van der Waals surface area contributed by atoms with Gasteiger partial charge in [0, 0.05) is 48.4 Å². The van der Waals surface area contributed by atoms with Gasteiger partial charge in [0.25, 0.3) is 0 Å². The van der Waals surface area contributed by atoms with Crippen LogP contribution >= 0.6 is 0 Å². The van der Waals surface area contributed by atoms with E-state index in [1.165, 1.54) is 16.8 Å². The van der Waals surface area contributed by atoms with Crippen molar-refractivity contribution in [3.63, 3.8) is 0 Å². The molecule has 0 spiro atoms. The van der Waals surface area contributed by atoms with Gasteiger partial charge >= 0.3 is 6.09 Å². The molecule has 11 heteroatoms. The molecule has 0 saturated carbocycles.